The molecule has 1 aromatic rings. The minimum atomic E-state index is -5.69. The number of carbonyl (C=O) groups is 1. The molecule has 0 unspecified atom stereocenters. The number of piperidine rings is 1. The SMILES string of the molecule is O=C(CN1CC2(CCN(Cc3ccc(Cl)cc3)CC2)C1)OC(C(F)(F)F)C(F)(F)F. The molecule has 2 saturated heterocycles. The van der Waals surface area contributed by atoms with Gasteiger partial charge in [0, 0.05) is 24.7 Å². The van der Waals surface area contributed by atoms with Gasteiger partial charge in [-0.05, 0) is 49.0 Å². The third kappa shape index (κ3) is 5.79. The maximum atomic E-state index is 12.5. The van der Waals surface area contributed by atoms with E-state index in [2.05, 4.69) is 9.64 Å². The van der Waals surface area contributed by atoms with Gasteiger partial charge in [0.1, 0.15) is 0 Å². The van der Waals surface area contributed by atoms with Gasteiger partial charge in [-0.25, -0.2) is 0 Å². The number of nitrogens with zero attached hydrogens (tertiary/aromatic N) is 2. The first kappa shape index (κ1) is 23.1. The van der Waals surface area contributed by atoms with E-state index in [4.69, 9.17) is 11.6 Å². The second kappa shape index (κ2) is 8.55. The molecule has 30 heavy (non-hydrogen) atoms. The molecule has 4 nitrogen and oxygen atoms in total. The van der Waals surface area contributed by atoms with E-state index in [1.54, 1.807) is 0 Å². The number of hydrogen-bond donors (Lipinski definition) is 0. The van der Waals surface area contributed by atoms with Crippen molar-refractivity contribution in [2.75, 3.05) is 32.7 Å². The van der Waals surface area contributed by atoms with Crippen molar-refractivity contribution in [3.8, 4) is 0 Å². The van der Waals surface area contributed by atoms with Crippen LogP contribution in [0.25, 0.3) is 0 Å². The Morgan fingerprint density at radius 1 is 1.00 bits per heavy atom. The van der Waals surface area contributed by atoms with Crippen molar-refractivity contribution in [2.24, 2.45) is 5.41 Å². The van der Waals surface area contributed by atoms with Gasteiger partial charge in [0.25, 0.3) is 6.10 Å². The van der Waals surface area contributed by atoms with Gasteiger partial charge in [0.05, 0.1) is 6.54 Å². The van der Waals surface area contributed by atoms with E-state index in [-0.39, 0.29) is 5.41 Å². The fourth-order valence-corrected chi connectivity index (χ4v) is 4.16. The molecular formula is C19H21ClF6N2O2. The van der Waals surface area contributed by atoms with Crippen molar-refractivity contribution in [1.29, 1.82) is 0 Å². The topological polar surface area (TPSA) is 32.8 Å². The van der Waals surface area contributed by atoms with Gasteiger partial charge in [0.2, 0.25) is 0 Å². The highest BCUT2D eigenvalue weighted by Crippen LogP contribution is 2.41. The summed E-state index contributed by atoms with van der Waals surface area (Å²) in [6.45, 7) is 2.76. The molecule has 168 valence electrons. The van der Waals surface area contributed by atoms with Crippen LogP contribution in [0.3, 0.4) is 0 Å². The Hall–Kier alpha value is -1.52. The quantitative estimate of drug-likeness (QED) is 0.487. The van der Waals surface area contributed by atoms with E-state index in [1.165, 1.54) is 4.90 Å². The molecule has 0 atom stereocenters. The van der Waals surface area contributed by atoms with Gasteiger partial charge >= 0.3 is 18.3 Å². The highest BCUT2D eigenvalue weighted by atomic mass is 35.5. The van der Waals surface area contributed by atoms with Crippen LogP contribution < -0.4 is 0 Å². The summed E-state index contributed by atoms with van der Waals surface area (Å²) in [6, 6.07) is 7.57. The molecule has 0 saturated carbocycles. The molecule has 2 fully saturated rings. The smallest absolute Gasteiger partial charge is 0.434 e. The van der Waals surface area contributed by atoms with Gasteiger partial charge < -0.3 is 4.74 Å². The van der Waals surface area contributed by atoms with Crippen molar-refractivity contribution in [2.45, 2.75) is 37.8 Å². The first-order valence-corrected chi connectivity index (χ1v) is 9.76. The first-order chi connectivity index (χ1) is 13.9. The van der Waals surface area contributed by atoms with E-state index in [0.717, 1.165) is 38.0 Å². The molecule has 0 N–H and O–H groups in total. The lowest BCUT2D eigenvalue weighted by Gasteiger charge is -2.53. The maximum Gasteiger partial charge on any atom is 0.434 e. The summed E-state index contributed by atoms with van der Waals surface area (Å²) in [5.74, 6) is -1.52. The van der Waals surface area contributed by atoms with E-state index in [1.807, 2.05) is 24.3 Å². The molecule has 0 aromatic heterocycles. The summed E-state index contributed by atoms with van der Waals surface area (Å²) in [4.78, 5) is 15.4. The molecule has 0 bridgehead atoms. The molecule has 1 aromatic carbocycles. The molecule has 0 aliphatic carbocycles. The van der Waals surface area contributed by atoms with E-state index in [9.17, 15) is 31.1 Å². The predicted molar refractivity (Wildman–Crippen MR) is 96.8 cm³/mol. The normalized spacial score (nSPS) is 20.4. The summed E-state index contributed by atoms with van der Waals surface area (Å²) >= 11 is 5.88. The van der Waals surface area contributed by atoms with Crippen LogP contribution in [0.1, 0.15) is 18.4 Å². The Bertz CT molecular complexity index is 723. The van der Waals surface area contributed by atoms with Crippen LogP contribution in [0.4, 0.5) is 26.3 Å². The standard InChI is InChI=1S/C19H21ClF6N2O2/c20-14-3-1-13(2-4-14)9-27-7-5-17(6-8-27)11-28(12-17)10-15(29)30-16(18(21,22)23)19(24,25)26/h1-4,16H,5-12H2. The van der Waals surface area contributed by atoms with Crippen LogP contribution in [-0.2, 0) is 16.1 Å². The molecule has 2 aliphatic heterocycles. The van der Waals surface area contributed by atoms with Gasteiger partial charge in [-0.15, -0.1) is 0 Å². The Morgan fingerprint density at radius 3 is 2.03 bits per heavy atom. The van der Waals surface area contributed by atoms with E-state index < -0.39 is 31.0 Å². The van der Waals surface area contributed by atoms with Crippen molar-refractivity contribution in [3.05, 3.63) is 34.9 Å². The third-order valence-electron chi connectivity index (χ3n) is 5.55. The van der Waals surface area contributed by atoms with Crippen LogP contribution in [0.2, 0.25) is 5.02 Å². The molecule has 1 spiro atoms. The highest BCUT2D eigenvalue weighted by molar-refractivity contribution is 6.30. The number of esters is 1. The number of hydrogen-bond acceptors (Lipinski definition) is 4. The van der Waals surface area contributed by atoms with Gasteiger partial charge in [-0.3, -0.25) is 14.6 Å². The molecule has 0 amide bonds. The molecule has 3 rings (SSSR count). The van der Waals surface area contributed by atoms with Crippen molar-refractivity contribution >= 4 is 17.6 Å². The lowest BCUT2D eigenvalue weighted by atomic mass is 9.72. The summed E-state index contributed by atoms with van der Waals surface area (Å²) in [5.41, 5.74) is 1.08. The lowest BCUT2D eigenvalue weighted by molar-refractivity contribution is -0.313. The zero-order chi connectivity index (χ0) is 22.2. The number of halogens is 7. The minimum Gasteiger partial charge on any atom is -0.442 e. The number of alkyl halides is 6. The van der Waals surface area contributed by atoms with Crippen molar-refractivity contribution < 1.29 is 35.9 Å². The van der Waals surface area contributed by atoms with E-state index >= 15 is 0 Å². The lowest BCUT2D eigenvalue weighted by Crippen LogP contribution is -2.61. The maximum absolute atomic E-state index is 12.5. The summed E-state index contributed by atoms with van der Waals surface area (Å²) in [7, 11) is 0. The highest BCUT2D eigenvalue weighted by Gasteiger charge is 2.60. The van der Waals surface area contributed by atoms with E-state index in [0.29, 0.717) is 18.1 Å². The Morgan fingerprint density at radius 2 is 1.53 bits per heavy atom. The number of likely N-dealkylation sites (tertiary alicyclic amines) is 2. The zero-order valence-electron chi connectivity index (χ0n) is 15.9. The van der Waals surface area contributed by atoms with Gasteiger partial charge in [0.15, 0.2) is 0 Å². The largest absolute Gasteiger partial charge is 0.442 e. The fraction of sp³-hybridized carbons (Fsp3) is 0.632. The summed E-state index contributed by atoms with van der Waals surface area (Å²) in [5, 5.41) is 0.668. The summed E-state index contributed by atoms with van der Waals surface area (Å²) < 4.78 is 78.6. The summed E-state index contributed by atoms with van der Waals surface area (Å²) in [6.07, 6.45) is -13.8. The molecular weight excluding hydrogens is 438 g/mol. The first-order valence-electron chi connectivity index (χ1n) is 9.38. The average molecular weight is 459 g/mol. The second-order valence-electron chi connectivity index (χ2n) is 8.00. The van der Waals surface area contributed by atoms with Crippen LogP contribution in [0.5, 0.6) is 0 Å². The average Bonchev–Trinajstić information content (AvgIpc) is 2.60. The Kier molecular flexibility index (Phi) is 6.60. The minimum absolute atomic E-state index is 0.0514. The molecule has 2 aliphatic rings. The zero-order valence-corrected chi connectivity index (χ0v) is 16.7. The number of rotatable bonds is 5. The van der Waals surface area contributed by atoms with Crippen molar-refractivity contribution in [3.63, 3.8) is 0 Å². The van der Waals surface area contributed by atoms with Crippen molar-refractivity contribution in [1.82, 2.24) is 9.80 Å². The Balaban J connectivity index is 1.42. The van der Waals surface area contributed by atoms with Gasteiger partial charge in [-0.1, -0.05) is 23.7 Å². The third-order valence-corrected chi connectivity index (χ3v) is 5.80. The van der Waals surface area contributed by atoms with Crippen LogP contribution in [0, 0.1) is 5.41 Å². The number of carbonyl (C=O) groups excluding carboxylic acids is 1. The molecule has 11 heteroatoms. The van der Waals surface area contributed by atoms with Crippen LogP contribution in [0.15, 0.2) is 24.3 Å². The van der Waals surface area contributed by atoms with Crippen LogP contribution in [-0.4, -0.2) is 66.9 Å². The molecule has 2 heterocycles. The van der Waals surface area contributed by atoms with Crippen LogP contribution >= 0.6 is 11.6 Å². The molecule has 0 radical (unpaired) electrons. The predicted octanol–water partition coefficient (Wildman–Crippen LogP) is 4.27. The van der Waals surface area contributed by atoms with Gasteiger partial charge in [-0.2, -0.15) is 26.3 Å². The number of ether oxygens (including phenoxy) is 1. The number of benzene rings is 1. The second-order valence-corrected chi connectivity index (χ2v) is 8.44. The monoisotopic (exact) mass is 458 g/mol. The Labute approximate surface area is 174 Å². The fourth-order valence-electron chi connectivity index (χ4n) is 4.03.